The number of nitrogen functional groups attached to an aromatic ring is 1. The molecule has 1 amide bonds. The Morgan fingerprint density at radius 3 is 2.73 bits per heavy atom. The maximum absolute atomic E-state index is 12.9. The highest BCUT2D eigenvalue weighted by Crippen LogP contribution is 2.32. The zero-order chi connectivity index (χ0) is 21.3. The Hall–Kier alpha value is -2.52. The molecule has 2 aromatic carbocycles. The molecule has 2 heterocycles. The number of thiophene rings is 1. The molecular formula is C20H14Cl2N4O2S2. The molecule has 3 N–H and O–H groups in total. The standard InChI is InChI=1S/C20H14Cl2N4O2S2/c21-12-6-7-14(22)15(8-12)24-16(27)10-30-20-25-18-17(19(28)26(20)23)13(9-29-18)11-4-2-1-3-5-11/h1-9H,10,23H2,(H,24,27). The van der Waals surface area contributed by atoms with Gasteiger partial charge in [-0.1, -0.05) is 65.3 Å². The summed E-state index contributed by atoms with van der Waals surface area (Å²) in [6.45, 7) is 0. The van der Waals surface area contributed by atoms with E-state index in [1.807, 2.05) is 35.7 Å². The van der Waals surface area contributed by atoms with E-state index >= 15 is 0 Å². The number of rotatable bonds is 5. The number of thioether (sulfide) groups is 1. The van der Waals surface area contributed by atoms with Gasteiger partial charge in [0.25, 0.3) is 5.56 Å². The number of hydrogen-bond donors (Lipinski definition) is 2. The molecule has 0 spiro atoms. The summed E-state index contributed by atoms with van der Waals surface area (Å²) in [6, 6.07) is 14.4. The summed E-state index contributed by atoms with van der Waals surface area (Å²) in [5.41, 5.74) is 1.76. The Labute approximate surface area is 189 Å². The van der Waals surface area contributed by atoms with Crippen LogP contribution >= 0.6 is 46.3 Å². The van der Waals surface area contributed by atoms with Crippen molar-refractivity contribution in [3.63, 3.8) is 0 Å². The first-order valence-electron chi connectivity index (χ1n) is 8.66. The van der Waals surface area contributed by atoms with Crippen LogP contribution in [0, 0.1) is 0 Å². The lowest BCUT2D eigenvalue weighted by molar-refractivity contribution is -0.113. The number of carbonyl (C=O) groups is 1. The predicted molar refractivity (Wildman–Crippen MR) is 125 cm³/mol. The molecular weight excluding hydrogens is 463 g/mol. The predicted octanol–water partition coefficient (Wildman–Crippen LogP) is 4.88. The highest BCUT2D eigenvalue weighted by Gasteiger charge is 2.17. The van der Waals surface area contributed by atoms with Gasteiger partial charge in [0.05, 0.1) is 21.8 Å². The van der Waals surface area contributed by atoms with Crippen LogP contribution in [0.4, 0.5) is 5.69 Å². The topological polar surface area (TPSA) is 90.0 Å². The van der Waals surface area contributed by atoms with Crippen molar-refractivity contribution < 1.29 is 4.79 Å². The fraction of sp³-hybridized carbons (Fsp3) is 0.0500. The van der Waals surface area contributed by atoms with Gasteiger partial charge in [-0.05, 0) is 23.8 Å². The van der Waals surface area contributed by atoms with Gasteiger partial charge in [-0.15, -0.1) is 11.3 Å². The van der Waals surface area contributed by atoms with E-state index in [0.717, 1.165) is 27.6 Å². The number of nitrogens with zero attached hydrogens (tertiary/aromatic N) is 2. The van der Waals surface area contributed by atoms with Gasteiger partial charge in [0.1, 0.15) is 4.83 Å². The number of nitrogens with one attached hydrogen (secondary N) is 1. The molecule has 0 atom stereocenters. The average molecular weight is 477 g/mol. The molecule has 0 aliphatic heterocycles. The number of nitrogens with two attached hydrogens (primary N) is 1. The molecule has 0 bridgehead atoms. The molecule has 2 aromatic heterocycles. The zero-order valence-corrected chi connectivity index (χ0v) is 18.4. The molecule has 4 rings (SSSR count). The molecule has 0 saturated carbocycles. The van der Waals surface area contributed by atoms with Gasteiger partial charge < -0.3 is 11.2 Å². The fourth-order valence-corrected chi connectivity index (χ4v) is 4.87. The van der Waals surface area contributed by atoms with Gasteiger partial charge in [-0.25, -0.2) is 9.66 Å². The lowest BCUT2D eigenvalue weighted by atomic mass is 10.1. The Morgan fingerprint density at radius 2 is 1.97 bits per heavy atom. The van der Waals surface area contributed by atoms with E-state index in [4.69, 9.17) is 29.0 Å². The Kier molecular flexibility index (Phi) is 6.01. The monoisotopic (exact) mass is 476 g/mol. The van der Waals surface area contributed by atoms with Crippen molar-refractivity contribution >= 4 is 68.1 Å². The van der Waals surface area contributed by atoms with Gasteiger partial charge in [0.15, 0.2) is 5.16 Å². The second kappa shape index (κ2) is 8.69. The van der Waals surface area contributed by atoms with Crippen molar-refractivity contribution in [3.8, 4) is 11.1 Å². The second-order valence-corrected chi connectivity index (χ2v) is 8.87. The van der Waals surface area contributed by atoms with Gasteiger partial charge >= 0.3 is 0 Å². The van der Waals surface area contributed by atoms with Crippen LogP contribution in [0.2, 0.25) is 10.0 Å². The second-order valence-electron chi connectivity index (χ2n) is 6.23. The quantitative estimate of drug-likeness (QED) is 0.243. The highest BCUT2D eigenvalue weighted by molar-refractivity contribution is 7.99. The highest BCUT2D eigenvalue weighted by atomic mass is 35.5. The Balaban J connectivity index is 1.57. The number of fused-ring (bicyclic) bond motifs is 1. The zero-order valence-electron chi connectivity index (χ0n) is 15.3. The first kappa shape index (κ1) is 20.7. The van der Waals surface area contributed by atoms with Crippen LogP contribution in [0.5, 0.6) is 0 Å². The molecule has 0 fully saturated rings. The van der Waals surface area contributed by atoms with Crippen LogP contribution in [-0.4, -0.2) is 21.3 Å². The average Bonchev–Trinajstić information content (AvgIpc) is 3.17. The van der Waals surface area contributed by atoms with E-state index in [0.29, 0.717) is 25.9 Å². The minimum absolute atomic E-state index is 0.00505. The minimum atomic E-state index is -0.360. The van der Waals surface area contributed by atoms with Crippen LogP contribution in [0.1, 0.15) is 0 Å². The summed E-state index contributed by atoms with van der Waals surface area (Å²) < 4.78 is 0.978. The van der Waals surface area contributed by atoms with E-state index in [1.54, 1.807) is 18.2 Å². The summed E-state index contributed by atoms with van der Waals surface area (Å²) in [5, 5.41) is 6.12. The molecule has 152 valence electrons. The number of amides is 1. The van der Waals surface area contributed by atoms with Gasteiger partial charge in [0.2, 0.25) is 5.91 Å². The summed E-state index contributed by atoms with van der Waals surface area (Å²) >= 11 is 14.4. The lowest BCUT2D eigenvalue weighted by Crippen LogP contribution is -2.30. The van der Waals surface area contributed by atoms with Crippen molar-refractivity contribution in [2.75, 3.05) is 16.9 Å². The van der Waals surface area contributed by atoms with E-state index in [1.165, 1.54) is 11.3 Å². The number of carbonyl (C=O) groups excluding carboxylic acids is 1. The molecule has 0 aliphatic carbocycles. The number of anilines is 1. The van der Waals surface area contributed by atoms with Gasteiger partial charge in [-0.2, -0.15) is 0 Å². The van der Waals surface area contributed by atoms with Crippen LogP contribution in [0.15, 0.2) is 63.9 Å². The molecule has 0 aliphatic rings. The third-order valence-corrected chi connectivity index (χ3v) is 6.62. The van der Waals surface area contributed by atoms with E-state index in [-0.39, 0.29) is 22.4 Å². The number of benzene rings is 2. The van der Waals surface area contributed by atoms with Crippen LogP contribution in [-0.2, 0) is 4.79 Å². The third kappa shape index (κ3) is 4.17. The molecule has 0 saturated heterocycles. The van der Waals surface area contributed by atoms with E-state index < -0.39 is 0 Å². The first-order chi connectivity index (χ1) is 14.4. The molecule has 30 heavy (non-hydrogen) atoms. The van der Waals surface area contributed by atoms with Crippen molar-refractivity contribution in [1.29, 1.82) is 0 Å². The van der Waals surface area contributed by atoms with Crippen LogP contribution < -0.4 is 16.7 Å². The van der Waals surface area contributed by atoms with Crippen molar-refractivity contribution in [2.24, 2.45) is 0 Å². The number of hydrogen-bond acceptors (Lipinski definition) is 6. The number of halogens is 2. The maximum atomic E-state index is 12.9. The van der Waals surface area contributed by atoms with E-state index in [9.17, 15) is 9.59 Å². The van der Waals surface area contributed by atoms with Crippen molar-refractivity contribution in [2.45, 2.75) is 5.16 Å². The summed E-state index contributed by atoms with van der Waals surface area (Å²) in [5.74, 6) is 5.66. The molecule has 10 heteroatoms. The van der Waals surface area contributed by atoms with E-state index in [2.05, 4.69) is 10.3 Å². The van der Waals surface area contributed by atoms with Crippen molar-refractivity contribution in [1.82, 2.24) is 9.66 Å². The molecule has 0 unspecified atom stereocenters. The first-order valence-corrected chi connectivity index (χ1v) is 11.3. The maximum Gasteiger partial charge on any atom is 0.282 e. The van der Waals surface area contributed by atoms with Gasteiger partial charge in [0, 0.05) is 16.0 Å². The van der Waals surface area contributed by atoms with Crippen LogP contribution in [0.25, 0.3) is 21.3 Å². The summed E-state index contributed by atoms with van der Waals surface area (Å²) in [4.78, 5) is 30.2. The molecule has 6 nitrogen and oxygen atoms in total. The Morgan fingerprint density at radius 1 is 1.20 bits per heavy atom. The fourth-order valence-electron chi connectivity index (χ4n) is 2.83. The summed E-state index contributed by atoms with van der Waals surface area (Å²) in [7, 11) is 0. The van der Waals surface area contributed by atoms with Crippen molar-refractivity contribution in [3.05, 3.63) is 74.3 Å². The smallest absolute Gasteiger partial charge is 0.282 e. The lowest BCUT2D eigenvalue weighted by Gasteiger charge is -2.09. The normalized spacial score (nSPS) is 11.0. The Bertz CT molecular complexity index is 1310. The summed E-state index contributed by atoms with van der Waals surface area (Å²) in [6.07, 6.45) is 0. The largest absolute Gasteiger partial charge is 0.334 e. The molecule has 0 radical (unpaired) electrons. The number of aromatic nitrogens is 2. The molecule has 4 aromatic rings. The SMILES string of the molecule is Nn1c(SCC(=O)Nc2cc(Cl)ccc2Cl)nc2scc(-c3ccccc3)c2c1=O. The van der Waals surface area contributed by atoms with Gasteiger partial charge in [-0.3, -0.25) is 9.59 Å². The third-order valence-electron chi connectivity index (χ3n) is 4.23. The van der Waals surface area contributed by atoms with Crippen LogP contribution in [0.3, 0.4) is 0 Å². The minimum Gasteiger partial charge on any atom is -0.334 e.